The van der Waals surface area contributed by atoms with Crippen LogP contribution in [-0.2, 0) is 24.1 Å². The summed E-state index contributed by atoms with van der Waals surface area (Å²) >= 11 is 0. The zero-order chi connectivity index (χ0) is 20.6. The maximum absolute atomic E-state index is 13.5. The van der Waals surface area contributed by atoms with Gasteiger partial charge in [-0.1, -0.05) is 0 Å². The van der Waals surface area contributed by atoms with Crippen LogP contribution in [0.1, 0.15) is 11.6 Å². The SMILES string of the molecule is N[C@@H](COc1cc(F)c(F)cc1F)C(=O)N1CCn2c(nnc2C(F)(F)F)C1. The Labute approximate surface area is 153 Å². The number of amides is 1. The molecule has 7 nitrogen and oxygen atoms in total. The molecule has 152 valence electrons. The lowest BCUT2D eigenvalue weighted by Gasteiger charge is -2.30. The maximum Gasteiger partial charge on any atom is 0.451 e. The molecule has 2 heterocycles. The van der Waals surface area contributed by atoms with Gasteiger partial charge in [-0.05, 0) is 0 Å². The molecule has 1 aliphatic heterocycles. The van der Waals surface area contributed by atoms with E-state index >= 15 is 0 Å². The second-order valence-corrected chi connectivity index (χ2v) is 5.96. The Morgan fingerprint density at radius 1 is 1.14 bits per heavy atom. The number of nitrogens with two attached hydrogens (primary N) is 1. The van der Waals surface area contributed by atoms with Crippen LogP contribution >= 0.6 is 0 Å². The van der Waals surface area contributed by atoms with Crippen molar-refractivity contribution < 1.29 is 35.9 Å². The molecule has 1 aromatic heterocycles. The van der Waals surface area contributed by atoms with Gasteiger partial charge in [-0.3, -0.25) is 4.79 Å². The average molecular weight is 409 g/mol. The lowest BCUT2D eigenvalue weighted by Crippen LogP contribution is -2.49. The van der Waals surface area contributed by atoms with Crippen molar-refractivity contribution in [2.24, 2.45) is 5.73 Å². The molecule has 28 heavy (non-hydrogen) atoms. The Kier molecular flexibility index (Phi) is 5.19. The van der Waals surface area contributed by atoms with E-state index in [9.17, 15) is 31.1 Å². The standard InChI is InChI=1S/C15H13F6N5O2/c16-7-3-9(18)11(4-8(7)17)28-6-10(22)13(27)25-1-2-26-12(5-25)23-24-14(26)15(19,20)21/h3-4,10H,1-2,5-6,22H2/t10-/m0/s1. The van der Waals surface area contributed by atoms with Crippen molar-refractivity contribution in [2.75, 3.05) is 13.2 Å². The molecule has 1 aliphatic rings. The summed E-state index contributed by atoms with van der Waals surface area (Å²) in [6, 6.07) is -0.554. The third kappa shape index (κ3) is 3.88. The molecule has 0 fully saturated rings. The molecule has 0 saturated carbocycles. The first kappa shape index (κ1) is 19.9. The first-order valence-corrected chi connectivity index (χ1v) is 7.89. The molecule has 1 aromatic carbocycles. The van der Waals surface area contributed by atoms with Gasteiger partial charge in [0, 0.05) is 25.2 Å². The van der Waals surface area contributed by atoms with Crippen LogP contribution in [0.25, 0.3) is 0 Å². The Morgan fingerprint density at radius 2 is 1.82 bits per heavy atom. The number of hydrogen-bond acceptors (Lipinski definition) is 5. The van der Waals surface area contributed by atoms with E-state index in [0.29, 0.717) is 6.07 Å². The van der Waals surface area contributed by atoms with Crippen LogP contribution < -0.4 is 10.5 Å². The molecule has 0 unspecified atom stereocenters. The number of carbonyl (C=O) groups is 1. The van der Waals surface area contributed by atoms with Crippen molar-refractivity contribution in [2.45, 2.75) is 25.3 Å². The highest BCUT2D eigenvalue weighted by molar-refractivity contribution is 5.81. The van der Waals surface area contributed by atoms with Gasteiger partial charge in [-0.25, -0.2) is 13.2 Å². The number of alkyl halides is 3. The van der Waals surface area contributed by atoms with Gasteiger partial charge in [0.2, 0.25) is 11.7 Å². The summed E-state index contributed by atoms with van der Waals surface area (Å²) in [5, 5.41) is 6.53. The number of rotatable bonds is 4. The number of carbonyl (C=O) groups excluding carboxylic acids is 1. The van der Waals surface area contributed by atoms with Gasteiger partial charge in [0.15, 0.2) is 29.0 Å². The van der Waals surface area contributed by atoms with Gasteiger partial charge in [-0.15, -0.1) is 10.2 Å². The molecular weight excluding hydrogens is 396 g/mol. The summed E-state index contributed by atoms with van der Waals surface area (Å²) < 4.78 is 83.8. The van der Waals surface area contributed by atoms with E-state index < -0.39 is 53.8 Å². The Balaban J connectivity index is 1.63. The first-order valence-electron chi connectivity index (χ1n) is 7.89. The van der Waals surface area contributed by atoms with E-state index in [1.54, 1.807) is 0 Å². The normalized spacial score (nSPS) is 15.3. The van der Waals surface area contributed by atoms with Crippen molar-refractivity contribution in [3.8, 4) is 5.75 Å². The molecular formula is C15H13F6N5O2. The Bertz CT molecular complexity index is 900. The predicted octanol–water partition coefficient (Wildman–Crippen LogP) is 1.46. The van der Waals surface area contributed by atoms with Gasteiger partial charge >= 0.3 is 6.18 Å². The Hall–Kier alpha value is -2.83. The number of ether oxygens (including phenoxy) is 1. The fourth-order valence-electron chi connectivity index (χ4n) is 2.66. The number of halogens is 6. The number of benzene rings is 1. The fraction of sp³-hybridized carbons (Fsp3) is 0.400. The van der Waals surface area contributed by atoms with Crippen LogP contribution in [0.4, 0.5) is 26.3 Å². The lowest BCUT2D eigenvalue weighted by atomic mass is 10.2. The van der Waals surface area contributed by atoms with E-state index in [4.69, 9.17) is 10.5 Å². The summed E-state index contributed by atoms with van der Waals surface area (Å²) in [7, 11) is 0. The van der Waals surface area contributed by atoms with Crippen molar-refractivity contribution in [3.05, 3.63) is 41.2 Å². The number of hydrogen-bond donors (Lipinski definition) is 1. The summed E-state index contributed by atoms with van der Waals surface area (Å²) in [5.41, 5.74) is 5.68. The zero-order valence-corrected chi connectivity index (χ0v) is 14.0. The highest BCUT2D eigenvalue weighted by Crippen LogP contribution is 2.29. The third-order valence-electron chi connectivity index (χ3n) is 4.03. The minimum atomic E-state index is -4.67. The van der Waals surface area contributed by atoms with Crippen molar-refractivity contribution in [1.82, 2.24) is 19.7 Å². The van der Waals surface area contributed by atoms with Crippen LogP contribution in [0.5, 0.6) is 5.75 Å². The molecule has 0 bridgehead atoms. The fourth-order valence-corrected chi connectivity index (χ4v) is 2.66. The number of nitrogens with zero attached hydrogens (tertiary/aromatic N) is 4. The van der Waals surface area contributed by atoms with Crippen LogP contribution in [0.2, 0.25) is 0 Å². The van der Waals surface area contributed by atoms with Crippen LogP contribution in [0.3, 0.4) is 0 Å². The first-order chi connectivity index (χ1) is 13.1. The summed E-state index contributed by atoms with van der Waals surface area (Å²) in [6.07, 6.45) is -4.67. The molecule has 2 N–H and O–H groups in total. The number of fused-ring (bicyclic) bond motifs is 1. The third-order valence-corrected chi connectivity index (χ3v) is 4.03. The second kappa shape index (κ2) is 7.30. The number of aromatic nitrogens is 3. The molecule has 0 radical (unpaired) electrons. The molecule has 2 aromatic rings. The van der Waals surface area contributed by atoms with Crippen LogP contribution in [-0.4, -0.2) is 44.8 Å². The van der Waals surface area contributed by atoms with E-state index in [0.717, 1.165) is 9.47 Å². The molecule has 0 spiro atoms. The van der Waals surface area contributed by atoms with Gasteiger partial charge in [0.05, 0.1) is 6.54 Å². The minimum Gasteiger partial charge on any atom is -0.488 e. The smallest absolute Gasteiger partial charge is 0.451 e. The van der Waals surface area contributed by atoms with Gasteiger partial charge < -0.3 is 19.9 Å². The van der Waals surface area contributed by atoms with Crippen molar-refractivity contribution in [3.63, 3.8) is 0 Å². The minimum absolute atomic E-state index is 0.0632. The molecule has 3 rings (SSSR count). The lowest BCUT2D eigenvalue weighted by molar-refractivity contribution is -0.148. The summed E-state index contributed by atoms with van der Waals surface area (Å²) in [5.74, 6) is -6.46. The maximum atomic E-state index is 13.5. The highest BCUT2D eigenvalue weighted by Gasteiger charge is 2.40. The Morgan fingerprint density at radius 3 is 2.50 bits per heavy atom. The largest absolute Gasteiger partial charge is 0.488 e. The van der Waals surface area contributed by atoms with Crippen molar-refractivity contribution in [1.29, 1.82) is 0 Å². The quantitative estimate of drug-likeness (QED) is 0.611. The van der Waals surface area contributed by atoms with Gasteiger partial charge in [0.1, 0.15) is 12.6 Å². The molecule has 1 amide bonds. The predicted molar refractivity (Wildman–Crippen MR) is 80.2 cm³/mol. The second-order valence-electron chi connectivity index (χ2n) is 5.96. The van der Waals surface area contributed by atoms with E-state index in [2.05, 4.69) is 10.2 Å². The average Bonchev–Trinajstić information content (AvgIpc) is 3.06. The highest BCUT2D eigenvalue weighted by atomic mass is 19.4. The van der Waals surface area contributed by atoms with Gasteiger partial charge in [0.25, 0.3) is 0 Å². The van der Waals surface area contributed by atoms with Crippen LogP contribution in [0.15, 0.2) is 12.1 Å². The van der Waals surface area contributed by atoms with Crippen LogP contribution in [0, 0.1) is 17.5 Å². The summed E-state index contributed by atoms with van der Waals surface area (Å²) in [4.78, 5) is 13.5. The van der Waals surface area contributed by atoms with Gasteiger partial charge in [-0.2, -0.15) is 13.2 Å². The molecule has 13 heteroatoms. The zero-order valence-electron chi connectivity index (χ0n) is 14.0. The van der Waals surface area contributed by atoms with E-state index in [-0.39, 0.29) is 31.5 Å². The topological polar surface area (TPSA) is 86.3 Å². The molecule has 0 saturated heterocycles. The van der Waals surface area contributed by atoms with E-state index in [1.165, 1.54) is 0 Å². The summed E-state index contributed by atoms with van der Waals surface area (Å²) in [6.45, 7) is -1.08. The van der Waals surface area contributed by atoms with Crippen molar-refractivity contribution >= 4 is 5.91 Å². The monoisotopic (exact) mass is 409 g/mol. The van der Waals surface area contributed by atoms with E-state index in [1.807, 2.05) is 0 Å². The molecule has 0 aliphatic carbocycles. The molecule has 1 atom stereocenters.